The molecule has 1 saturated carbocycles. The number of nitrogens with zero attached hydrogens (tertiary/aromatic N) is 1. The molecule has 1 saturated heterocycles. The number of hydrogen-bond donors (Lipinski definition) is 0. The topological polar surface area (TPSA) is 46.6 Å². The Bertz CT molecular complexity index is 499. The summed E-state index contributed by atoms with van der Waals surface area (Å²) in [6.45, 7) is 1.85. The molecule has 0 N–H and O–H groups in total. The molecule has 0 spiro atoms. The highest BCUT2D eigenvalue weighted by Gasteiger charge is 2.29. The van der Waals surface area contributed by atoms with Crippen LogP contribution in [-0.2, 0) is 4.79 Å². The van der Waals surface area contributed by atoms with Gasteiger partial charge in [0.1, 0.15) is 12.4 Å². The van der Waals surface area contributed by atoms with Crippen molar-refractivity contribution in [1.82, 2.24) is 4.90 Å². The fourth-order valence-corrected chi connectivity index (χ4v) is 2.47. The first-order valence-electron chi connectivity index (χ1n) is 7.29. The van der Waals surface area contributed by atoms with E-state index in [1.54, 1.807) is 24.3 Å². The third kappa shape index (κ3) is 3.00. The van der Waals surface area contributed by atoms with E-state index in [0.717, 1.165) is 38.8 Å². The van der Waals surface area contributed by atoms with Crippen molar-refractivity contribution in [2.75, 3.05) is 19.7 Å². The van der Waals surface area contributed by atoms with Crippen LogP contribution in [0.3, 0.4) is 0 Å². The number of ether oxygens (including phenoxy) is 1. The maximum absolute atomic E-state index is 12.2. The molecule has 0 atom stereocenters. The second-order valence-corrected chi connectivity index (χ2v) is 5.55. The Morgan fingerprint density at radius 1 is 1.10 bits per heavy atom. The number of Topliss-reactive ketones (excluding diaryl/α,β-unsaturated/α-hetero) is 1. The van der Waals surface area contributed by atoms with E-state index in [2.05, 4.69) is 0 Å². The molecule has 3 rings (SSSR count). The molecule has 0 radical (unpaired) electrons. The van der Waals surface area contributed by atoms with E-state index < -0.39 is 0 Å². The van der Waals surface area contributed by atoms with Crippen LogP contribution in [0.4, 0.5) is 0 Å². The number of likely N-dealkylation sites (tertiary alicyclic amines) is 1. The lowest BCUT2D eigenvalue weighted by Gasteiger charge is -2.15. The van der Waals surface area contributed by atoms with Crippen molar-refractivity contribution in [3.63, 3.8) is 0 Å². The van der Waals surface area contributed by atoms with Gasteiger partial charge in [-0.25, -0.2) is 0 Å². The Kier molecular flexibility index (Phi) is 3.72. The van der Waals surface area contributed by atoms with Crippen LogP contribution in [0.2, 0.25) is 0 Å². The minimum absolute atomic E-state index is 0.0862. The van der Waals surface area contributed by atoms with Crippen LogP contribution in [0.1, 0.15) is 36.0 Å². The highest BCUT2D eigenvalue weighted by atomic mass is 16.5. The van der Waals surface area contributed by atoms with Crippen LogP contribution in [-0.4, -0.2) is 36.3 Å². The quantitative estimate of drug-likeness (QED) is 0.827. The van der Waals surface area contributed by atoms with Crippen LogP contribution in [0.25, 0.3) is 0 Å². The van der Waals surface area contributed by atoms with Gasteiger partial charge in [-0.1, -0.05) is 0 Å². The molecule has 0 unspecified atom stereocenters. The van der Waals surface area contributed by atoms with Gasteiger partial charge in [-0.2, -0.15) is 0 Å². The van der Waals surface area contributed by atoms with E-state index in [1.807, 2.05) is 4.90 Å². The van der Waals surface area contributed by atoms with Crippen molar-refractivity contribution in [1.29, 1.82) is 0 Å². The number of hydrogen-bond acceptors (Lipinski definition) is 3. The van der Waals surface area contributed by atoms with E-state index in [-0.39, 0.29) is 24.2 Å². The van der Waals surface area contributed by atoms with Gasteiger partial charge in [0.15, 0.2) is 5.78 Å². The van der Waals surface area contributed by atoms with E-state index in [9.17, 15) is 9.59 Å². The summed E-state index contributed by atoms with van der Waals surface area (Å²) in [4.78, 5) is 25.6. The zero-order valence-electron chi connectivity index (χ0n) is 11.5. The van der Waals surface area contributed by atoms with E-state index in [0.29, 0.717) is 11.3 Å². The van der Waals surface area contributed by atoms with Gasteiger partial charge >= 0.3 is 0 Å². The Balaban J connectivity index is 1.56. The maximum Gasteiger partial charge on any atom is 0.253 e. The molecule has 106 valence electrons. The van der Waals surface area contributed by atoms with Crippen LogP contribution in [0.15, 0.2) is 24.3 Å². The van der Waals surface area contributed by atoms with Crippen molar-refractivity contribution < 1.29 is 14.3 Å². The summed E-state index contributed by atoms with van der Waals surface area (Å²) in [6.07, 6.45) is 4.20. The molecule has 4 nitrogen and oxygen atoms in total. The molecule has 20 heavy (non-hydrogen) atoms. The summed E-state index contributed by atoms with van der Waals surface area (Å²) in [6, 6.07) is 7.09. The number of benzene rings is 1. The lowest BCUT2D eigenvalue weighted by atomic mass is 10.2. The SMILES string of the molecule is O=C(COc1ccc(C(=O)N2CCCC2)cc1)C1CC1. The van der Waals surface area contributed by atoms with Crippen LogP contribution < -0.4 is 4.74 Å². The molecule has 1 aliphatic heterocycles. The summed E-state index contributed by atoms with van der Waals surface area (Å²) >= 11 is 0. The van der Waals surface area contributed by atoms with E-state index >= 15 is 0 Å². The minimum atomic E-state index is 0.0862. The van der Waals surface area contributed by atoms with Gasteiger partial charge in [-0.05, 0) is 49.9 Å². The van der Waals surface area contributed by atoms with E-state index in [1.165, 1.54) is 0 Å². The summed E-state index contributed by atoms with van der Waals surface area (Å²) in [5.74, 6) is 1.15. The fourth-order valence-electron chi connectivity index (χ4n) is 2.47. The predicted octanol–water partition coefficient (Wildman–Crippen LogP) is 2.28. The van der Waals surface area contributed by atoms with Gasteiger partial charge in [0.05, 0.1) is 0 Å². The van der Waals surface area contributed by atoms with Gasteiger partial charge in [0.25, 0.3) is 5.91 Å². The molecule has 2 aliphatic rings. The molecule has 1 aromatic rings. The highest BCUT2D eigenvalue weighted by molar-refractivity contribution is 5.94. The summed E-state index contributed by atoms with van der Waals surface area (Å²) in [5.41, 5.74) is 0.688. The first-order chi connectivity index (χ1) is 9.74. The zero-order chi connectivity index (χ0) is 13.9. The predicted molar refractivity (Wildman–Crippen MR) is 74.8 cm³/mol. The molecular weight excluding hydrogens is 254 g/mol. The molecule has 2 fully saturated rings. The Labute approximate surface area is 118 Å². The van der Waals surface area contributed by atoms with Crippen LogP contribution >= 0.6 is 0 Å². The van der Waals surface area contributed by atoms with Crippen molar-refractivity contribution in [2.45, 2.75) is 25.7 Å². The Morgan fingerprint density at radius 2 is 1.75 bits per heavy atom. The largest absolute Gasteiger partial charge is 0.486 e. The van der Waals surface area contributed by atoms with Crippen molar-refractivity contribution in [2.24, 2.45) is 5.92 Å². The van der Waals surface area contributed by atoms with Crippen LogP contribution in [0, 0.1) is 5.92 Å². The average molecular weight is 273 g/mol. The van der Waals surface area contributed by atoms with E-state index in [4.69, 9.17) is 4.74 Å². The Morgan fingerprint density at radius 3 is 2.35 bits per heavy atom. The summed E-state index contributed by atoms with van der Waals surface area (Å²) < 4.78 is 5.45. The standard InChI is InChI=1S/C16H19NO3/c18-15(12-3-4-12)11-20-14-7-5-13(6-8-14)16(19)17-9-1-2-10-17/h5-8,12H,1-4,9-11H2. The molecule has 1 aromatic carbocycles. The molecule has 1 amide bonds. The third-order valence-corrected chi connectivity index (χ3v) is 3.91. The molecule has 1 heterocycles. The highest BCUT2D eigenvalue weighted by Crippen LogP contribution is 2.30. The zero-order valence-corrected chi connectivity index (χ0v) is 11.5. The maximum atomic E-state index is 12.2. The second kappa shape index (κ2) is 5.65. The summed E-state index contributed by atoms with van der Waals surface area (Å²) in [7, 11) is 0. The second-order valence-electron chi connectivity index (χ2n) is 5.55. The Hall–Kier alpha value is -1.84. The lowest BCUT2D eigenvalue weighted by Crippen LogP contribution is -2.27. The van der Waals surface area contributed by atoms with Crippen molar-refractivity contribution in [3.8, 4) is 5.75 Å². The first-order valence-corrected chi connectivity index (χ1v) is 7.29. The molecule has 4 heteroatoms. The van der Waals surface area contributed by atoms with Crippen LogP contribution in [0.5, 0.6) is 5.75 Å². The van der Waals surface area contributed by atoms with Crippen molar-refractivity contribution >= 4 is 11.7 Å². The monoisotopic (exact) mass is 273 g/mol. The lowest BCUT2D eigenvalue weighted by molar-refractivity contribution is -0.122. The number of carbonyl (C=O) groups is 2. The van der Waals surface area contributed by atoms with Gasteiger partial charge in [-0.3, -0.25) is 9.59 Å². The number of carbonyl (C=O) groups excluding carboxylic acids is 2. The first kappa shape index (κ1) is 13.2. The average Bonchev–Trinajstić information content (AvgIpc) is 3.19. The smallest absolute Gasteiger partial charge is 0.253 e. The number of rotatable bonds is 5. The molecule has 0 bridgehead atoms. The summed E-state index contributed by atoms with van der Waals surface area (Å²) in [5, 5.41) is 0. The van der Waals surface area contributed by atoms with Gasteiger partial charge in [-0.15, -0.1) is 0 Å². The van der Waals surface area contributed by atoms with Crippen molar-refractivity contribution in [3.05, 3.63) is 29.8 Å². The normalized spacial score (nSPS) is 18.1. The fraction of sp³-hybridized carbons (Fsp3) is 0.500. The number of amides is 1. The number of ketones is 1. The van der Waals surface area contributed by atoms with Gasteiger partial charge in [0, 0.05) is 24.6 Å². The van der Waals surface area contributed by atoms with Gasteiger partial charge < -0.3 is 9.64 Å². The molecular formula is C16H19NO3. The minimum Gasteiger partial charge on any atom is -0.486 e. The van der Waals surface area contributed by atoms with Gasteiger partial charge in [0.2, 0.25) is 0 Å². The molecule has 1 aliphatic carbocycles. The third-order valence-electron chi connectivity index (χ3n) is 3.91. The molecule has 0 aromatic heterocycles.